The molecule has 0 aliphatic carbocycles. The van der Waals surface area contributed by atoms with E-state index in [4.69, 9.17) is 0 Å². The highest BCUT2D eigenvalue weighted by atomic mass is 127. The molecule has 0 amide bonds. The number of rotatable bonds is 3. The molecular weight excluding hydrogens is 277 g/mol. The van der Waals surface area contributed by atoms with Gasteiger partial charge in [0.2, 0.25) is 0 Å². The van der Waals surface area contributed by atoms with Crippen molar-refractivity contribution in [1.82, 2.24) is 9.97 Å². The van der Waals surface area contributed by atoms with Crippen molar-refractivity contribution in [2.45, 2.75) is 27.2 Å². The van der Waals surface area contributed by atoms with Gasteiger partial charge in [0.25, 0.3) is 0 Å². The highest BCUT2D eigenvalue weighted by molar-refractivity contribution is 14.1. The van der Waals surface area contributed by atoms with E-state index in [0.717, 1.165) is 33.9 Å². The Hall–Kier alpha value is -0.390. The van der Waals surface area contributed by atoms with E-state index in [0.29, 0.717) is 0 Å². The minimum Gasteiger partial charge on any atom is -0.369 e. The second-order valence-electron chi connectivity index (χ2n) is 2.77. The molecule has 0 saturated carbocycles. The van der Waals surface area contributed by atoms with Crippen molar-refractivity contribution >= 4 is 28.4 Å². The molecule has 0 unspecified atom stereocenters. The summed E-state index contributed by atoms with van der Waals surface area (Å²) < 4.78 is 1.12. The molecule has 4 heteroatoms. The van der Waals surface area contributed by atoms with Crippen molar-refractivity contribution in [1.29, 1.82) is 0 Å². The third-order valence-corrected chi connectivity index (χ3v) is 3.02. The average molecular weight is 291 g/mol. The minimum atomic E-state index is 0.885. The van der Waals surface area contributed by atoms with Crippen LogP contribution in [0.1, 0.15) is 25.4 Å². The number of aromatic nitrogens is 2. The van der Waals surface area contributed by atoms with Crippen LogP contribution in [0.5, 0.6) is 0 Å². The van der Waals surface area contributed by atoms with Crippen molar-refractivity contribution < 1.29 is 0 Å². The SMILES string of the molecule is CCNc1nc(CC)nc(C)c1I. The zero-order valence-electron chi connectivity index (χ0n) is 8.19. The van der Waals surface area contributed by atoms with E-state index in [9.17, 15) is 0 Å². The molecule has 72 valence electrons. The van der Waals surface area contributed by atoms with Gasteiger partial charge in [0.1, 0.15) is 11.6 Å². The number of hydrogen-bond donors (Lipinski definition) is 1. The summed E-state index contributed by atoms with van der Waals surface area (Å²) >= 11 is 2.27. The summed E-state index contributed by atoms with van der Waals surface area (Å²) in [7, 11) is 0. The van der Waals surface area contributed by atoms with Gasteiger partial charge in [0.05, 0.1) is 9.26 Å². The summed E-state index contributed by atoms with van der Waals surface area (Å²) in [5.74, 6) is 1.88. The van der Waals surface area contributed by atoms with Crippen LogP contribution in [0, 0.1) is 10.5 Å². The quantitative estimate of drug-likeness (QED) is 0.869. The Labute approximate surface area is 92.5 Å². The van der Waals surface area contributed by atoms with Crippen molar-refractivity contribution in [2.24, 2.45) is 0 Å². The predicted octanol–water partition coefficient (Wildman–Crippen LogP) is 2.38. The number of halogens is 1. The highest BCUT2D eigenvalue weighted by Gasteiger charge is 2.06. The van der Waals surface area contributed by atoms with E-state index in [1.54, 1.807) is 0 Å². The van der Waals surface area contributed by atoms with E-state index in [2.05, 4.69) is 51.7 Å². The Balaban J connectivity index is 3.09. The molecule has 1 aromatic rings. The van der Waals surface area contributed by atoms with Gasteiger partial charge < -0.3 is 5.32 Å². The van der Waals surface area contributed by atoms with Gasteiger partial charge in [0, 0.05) is 13.0 Å². The number of nitrogens with zero attached hydrogens (tertiary/aromatic N) is 2. The Morgan fingerprint density at radius 1 is 1.31 bits per heavy atom. The summed E-state index contributed by atoms with van der Waals surface area (Å²) in [6.45, 7) is 7.05. The second kappa shape index (κ2) is 4.74. The molecule has 0 radical (unpaired) electrons. The van der Waals surface area contributed by atoms with Crippen LogP contribution in [-0.2, 0) is 6.42 Å². The number of hydrogen-bond acceptors (Lipinski definition) is 3. The first-order valence-corrected chi connectivity index (χ1v) is 5.53. The van der Waals surface area contributed by atoms with Gasteiger partial charge >= 0.3 is 0 Å². The van der Waals surface area contributed by atoms with Gasteiger partial charge in [-0.05, 0) is 36.4 Å². The van der Waals surface area contributed by atoms with Gasteiger partial charge in [-0.25, -0.2) is 9.97 Å². The highest BCUT2D eigenvalue weighted by Crippen LogP contribution is 2.18. The van der Waals surface area contributed by atoms with Gasteiger partial charge in [-0.2, -0.15) is 0 Å². The van der Waals surface area contributed by atoms with E-state index >= 15 is 0 Å². The van der Waals surface area contributed by atoms with Crippen LogP contribution in [0.3, 0.4) is 0 Å². The predicted molar refractivity (Wildman–Crippen MR) is 63.0 cm³/mol. The van der Waals surface area contributed by atoms with E-state index in [1.807, 2.05) is 6.92 Å². The van der Waals surface area contributed by atoms with E-state index in [1.165, 1.54) is 0 Å². The Morgan fingerprint density at radius 3 is 2.54 bits per heavy atom. The van der Waals surface area contributed by atoms with Crippen LogP contribution in [-0.4, -0.2) is 16.5 Å². The lowest BCUT2D eigenvalue weighted by Gasteiger charge is -2.08. The van der Waals surface area contributed by atoms with Gasteiger partial charge in [-0.1, -0.05) is 6.92 Å². The van der Waals surface area contributed by atoms with E-state index < -0.39 is 0 Å². The number of anilines is 1. The van der Waals surface area contributed by atoms with E-state index in [-0.39, 0.29) is 0 Å². The second-order valence-corrected chi connectivity index (χ2v) is 3.85. The fourth-order valence-corrected chi connectivity index (χ4v) is 1.49. The fraction of sp³-hybridized carbons (Fsp3) is 0.556. The Morgan fingerprint density at radius 2 is 2.00 bits per heavy atom. The number of nitrogens with one attached hydrogen (secondary N) is 1. The monoisotopic (exact) mass is 291 g/mol. The lowest BCUT2D eigenvalue weighted by molar-refractivity contribution is 0.907. The molecule has 0 aliphatic heterocycles. The van der Waals surface area contributed by atoms with Crippen LogP contribution >= 0.6 is 22.6 Å². The molecule has 0 aliphatic rings. The molecule has 1 heterocycles. The maximum absolute atomic E-state index is 4.41. The largest absolute Gasteiger partial charge is 0.369 e. The zero-order valence-corrected chi connectivity index (χ0v) is 10.3. The number of aryl methyl sites for hydroxylation is 2. The van der Waals surface area contributed by atoms with Crippen molar-refractivity contribution in [2.75, 3.05) is 11.9 Å². The molecule has 0 aromatic carbocycles. The van der Waals surface area contributed by atoms with Crippen molar-refractivity contribution in [3.8, 4) is 0 Å². The molecule has 1 aromatic heterocycles. The molecule has 0 spiro atoms. The summed E-state index contributed by atoms with van der Waals surface area (Å²) in [4.78, 5) is 8.79. The first-order valence-electron chi connectivity index (χ1n) is 4.45. The van der Waals surface area contributed by atoms with Gasteiger partial charge in [-0.3, -0.25) is 0 Å². The molecule has 1 rings (SSSR count). The summed E-state index contributed by atoms with van der Waals surface area (Å²) in [6.07, 6.45) is 0.885. The van der Waals surface area contributed by atoms with Crippen molar-refractivity contribution in [3.05, 3.63) is 15.1 Å². The van der Waals surface area contributed by atoms with Gasteiger partial charge in [0.15, 0.2) is 0 Å². The molecule has 13 heavy (non-hydrogen) atoms. The zero-order chi connectivity index (χ0) is 9.84. The Kier molecular flexibility index (Phi) is 3.90. The van der Waals surface area contributed by atoms with Crippen LogP contribution in [0.15, 0.2) is 0 Å². The van der Waals surface area contributed by atoms with Crippen LogP contribution in [0.2, 0.25) is 0 Å². The molecule has 3 nitrogen and oxygen atoms in total. The first kappa shape index (κ1) is 10.7. The molecule has 1 N–H and O–H groups in total. The Bertz CT molecular complexity index is 299. The lowest BCUT2D eigenvalue weighted by atomic mass is 10.3. The standard InChI is InChI=1S/C9H14IN3/c1-4-7-12-6(3)8(10)9(13-7)11-5-2/h4-5H2,1-3H3,(H,11,12,13). The first-order chi connectivity index (χ1) is 6.19. The topological polar surface area (TPSA) is 37.8 Å². The van der Waals surface area contributed by atoms with Gasteiger partial charge in [-0.15, -0.1) is 0 Å². The summed E-state index contributed by atoms with van der Waals surface area (Å²) in [5.41, 5.74) is 1.06. The third-order valence-electron chi connectivity index (χ3n) is 1.72. The molecule has 0 atom stereocenters. The average Bonchev–Trinajstić information content (AvgIpc) is 2.13. The van der Waals surface area contributed by atoms with Crippen molar-refractivity contribution in [3.63, 3.8) is 0 Å². The normalized spacial score (nSPS) is 10.2. The molecule has 0 saturated heterocycles. The lowest BCUT2D eigenvalue weighted by Crippen LogP contribution is -2.07. The van der Waals surface area contributed by atoms with Crippen LogP contribution < -0.4 is 5.32 Å². The maximum Gasteiger partial charge on any atom is 0.143 e. The van der Waals surface area contributed by atoms with Crippen LogP contribution in [0.25, 0.3) is 0 Å². The molecular formula is C9H14IN3. The summed E-state index contributed by atoms with van der Waals surface area (Å²) in [6, 6.07) is 0. The fourth-order valence-electron chi connectivity index (χ4n) is 1.06. The summed E-state index contributed by atoms with van der Waals surface area (Å²) in [5, 5.41) is 3.23. The third kappa shape index (κ3) is 2.52. The molecule has 0 bridgehead atoms. The van der Waals surface area contributed by atoms with Crippen LogP contribution in [0.4, 0.5) is 5.82 Å². The maximum atomic E-state index is 4.41. The molecule has 0 fully saturated rings. The smallest absolute Gasteiger partial charge is 0.143 e. The minimum absolute atomic E-state index is 0.885.